The van der Waals surface area contributed by atoms with Crippen molar-refractivity contribution in [3.05, 3.63) is 35.4 Å². The van der Waals surface area contributed by atoms with Crippen LogP contribution in [0.1, 0.15) is 115 Å². The van der Waals surface area contributed by atoms with Crippen LogP contribution >= 0.6 is 0 Å². The van der Waals surface area contributed by atoms with E-state index in [2.05, 4.69) is 45.0 Å². The second-order valence-electron chi connectivity index (χ2n) is 8.89. The first-order chi connectivity index (χ1) is 14.7. The summed E-state index contributed by atoms with van der Waals surface area (Å²) < 4.78 is 12.0. The second kappa shape index (κ2) is 14.6. The molecule has 3 heteroatoms. The molecule has 1 saturated carbocycles. The predicted molar refractivity (Wildman–Crippen MR) is 125 cm³/mol. The van der Waals surface area contributed by atoms with E-state index in [4.69, 9.17) is 9.47 Å². The van der Waals surface area contributed by atoms with Crippen LogP contribution in [0.25, 0.3) is 0 Å². The van der Waals surface area contributed by atoms with Crippen molar-refractivity contribution in [2.75, 3.05) is 6.61 Å². The van der Waals surface area contributed by atoms with Crippen molar-refractivity contribution in [1.82, 2.24) is 0 Å². The third-order valence-corrected chi connectivity index (χ3v) is 6.50. The minimum atomic E-state index is -0.130. The molecular weight excluding hydrogens is 372 g/mol. The van der Waals surface area contributed by atoms with Crippen molar-refractivity contribution in [1.29, 1.82) is 0 Å². The number of unbranched alkanes of at least 4 members (excludes halogenated alkanes) is 6. The van der Waals surface area contributed by atoms with Crippen LogP contribution in [-0.2, 0) is 20.7 Å². The molecule has 0 heterocycles. The number of hydrogen-bond donors (Lipinski definition) is 0. The largest absolute Gasteiger partial charge is 0.457 e. The molecule has 0 saturated heterocycles. The summed E-state index contributed by atoms with van der Waals surface area (Å²) in [6.45, 7) is 7.37. The van der Waals surface area contributed by atoms with Crippen LogP contribution in [0.15, 0.2) is 24.3 Å². The number of hydrogen-bond acceptors (Lipinski definition) is 3. The van der Waals surface area contributed by atoms with E-state index >= 15 is 0 Å². The number of carbonyl (C=O) groups excluding carboxylic acids is 1. The number of benzene rings is 1. The molecule has 2 rings (SSSR count). The minimum Gasteiger partial charge on any atom is -0.457 e. The molecule has 0 aromatic heterocycles. The highest BCUT2D eigenvalue weighted by Crippen LogP contribution is 2.30. The van der Waals surface area contributed by atoms with E-state index in [1.807, 2.05) is 0 Å². The summed E-state index contributed by atoms with van der Waals surface area (Å²) in [5.74, 6) is 0.0133. The van der Waals surface area contributed by atoms with Gasteiger partial charge in [0.2, 0.25) is 0 Å². The van der Waals surface area contributed by atoms with Gasteiger partial charge in [0.05, 0.1) is 12.0 Å². The highest BCUT2D eigenvalue weighted by Gasteiger charge is 2.29. The third kappa shape index (κ3) is 8.79. The Morgan fingerprint density at radius 3 is 2.13 bits per heavy atom. The van der Waals surface area contributed by atoms with Crippen molar-refractivity contribution in [2.24, 2.45) is 5.92 Å². The fourth-order valence-corrected chi connectivity index (χ4v) is 4.37. The molecule has 1 atom stereocenters. The number of esters is 1. The van der Waals surface area contributed by atoms with Gasteiger partial charge in [0.25, 0.3) is 0 Å². The summed E-state index contributed by atoms with van der Waals surface area (Å²) in [6, 6.07) is 8.49. The van der Waals surface area contributed by atoms with Crippen LogP contribution < -0.4 is 0 Å². The lowest BCUT2D eigenvalue weighted by Gasteiger charge is -2.28. The van der Waals surface area contributed by atoms with Gasteiger partial charge in [-0.15, -0.1) is 0 Å². The van der Waals surface area contributed by atoms with Gasteiger partial charge in [-0.1, -0.05) is 83.6 Å². The van der Waals surface area contributed by atoms with Gasteiger partial charge in [-0.25, -0.2) is 0 Å². The van der Waals surface area contributed by atoms with Crippen molar-refractivity contribution in [3.63, 3.8) is 0 Å². The summed E-state index contributed by atoms with van der Waals surface area (Å²) >= 11 is 0. The first kappa shape index (κ1) is 24.9. The molecule has 3 nitrogen and oxygen atoms in total. The second-order valence-corrected chi connectivity index (χ2v) is 8.89. The SMILES string of the molecule is CCCCCCCCCOC1CCC(C(=O)OC(CC)c2ccc(CC)cc2)CC1. The van der Waals surface area contributed by atoms with Crippen LogP contribution in [0.3, 0.4) is 0 Å². The molecule has 1 unspecified atom stereocenters. The maximum atomic E-state index is 12.7. The molecule has 0 spiro atoms. The fraction of sp³-hybridized carbons (Fsp3) is 0.741. The molecule has 170 valence electrons. The van der Waals surface area contributed by atoms with Gasteiger partial charge in [-0.2, -0.15) is 0 Å². The van der Waals surface area contributed by atoms with E-state index in [0.29, 0.717) is 6.10 Å². The molecule has 1 aliphatic rings. The van der Waals surface area contributed by atoms with E-state index < -0.39 is 0 Å². The Balaban J connectivity index is 1.63. The molecule has 1 fully saturated rings. The van der Waals surface area contributed by atoms with Crippen molar-refractivity contribution in [2.45, 2.75) is 116 Å². The van der Waals surface area contributed by atoms with Gasteiger partial charge in [0.1, 0.15) is 6.10 Å². The lowest BCUT2D eigenvalue weighted by Crippen LogP contribution is -2.28. The maximum Gasteiger partial charge on any atom is 0.309 e. The van der Waals surface area contributed by atoms with E-state index in [0.717, 1.165) is 50.7 Å². The van der Waals surface area contributed by atoms with Crippen molar-refractivity contribution >= 4 is 5.97 Å². The molecule has 1 aromatic rings. The zero-order valence-corrected chi connectivity index (χ0v) is 19.7. The molecule has 1 aromatic carbocycles. The van der Waals surface area contributed by atoms with Crippen LogP contribution in [-0.4, -0.2) is 18.7 Å². The number of carbonyl (C=O) groups is 1. The molecule has 0 amide bonds. The summed E-state index contributed by atoms with van der Waals surface area (Å²) in [5, 5.41) is 0. The van der Waals surface area contributed by atoms with Gasteiger partial charge in [-0.3, -0.25) is 4.79 Å². The van der Waals surface area contributed by atoms with E-state index in [1.165, 1.54) is 50.5 Å². The minimum absolute atomic E-state index is 0.0213. The first-order valence-corrected chi connectivity index (χ1v) is 12.6. The smallest absolute Gasteiger partial charge is 0.309 e. The molecule has 0 aliphatic heterocycles. The fourth-order valence-electron chi connectivity index (χ4n) is 4.37. The topological polar surface area (TPSA) is 35.5 Å². The van der Waals surface area contributed by atoms with Crippen molar-refractivity contribution in [3.8, 4) is 0 Å². The Morgan fingerprint density at radius 2 is 1.53 bits per heavy atom. The Labute approximate surface area is 184 Å². The van der Waals surface area contributed by atoms with Gasteiger partial charge < -0.3 is 9.47 Å². The monoisotopic (exact) mass is 416 g/mol. The Morgan fingerprint density at radius 1 is 0.900 bits per heavy atom. The standard InChI is InChI=1S/C27H44O3/c1-4-7-8-9-10-11-12-21-29-25-19-17-24(18-20-25)27(28)30-26(6-3)23-15-13-22(5-2)14-16-23/h13-16,24-26H,4-12,17-21H2,1-3H3. The zero-order valence-electron chi connectivity index (χ0n) is 19.7. The first-order valence-electron chi connectivity index (χ1n) is 12.6. The lowest BCUT2D eigenvalue weighted by molar-refractivity contribution is -0.156. The van der Waals surface area contributed by atoms with E-state index in [1.54, 1.807) is 0 Å². The van der Waals surface area contributed by atoms with Gasteiger partial charge in [0, 0.05) is 6.61 Å². The van der Waals surface area contributed by atoms with Crippen LogP contribution in [0.4, 0.5) is 0 Å². The van der Waals surface area contributed by atoms with Gasteiger partial charge >= 0.3 is 5.97 Å². The third-order valence-electron chi connectivity index (χ3n) is 6.50. The molecular formula is C27H44O3. The summed E-state index contributed by atoms with van der Waals surface area (Å²) in [7, 11) is 0. The Kier molecular flexibility index (Phi) is 12.1. The molecule has 0 N–H and O–H groups in total. The lowest BCUT2D eigenvalue weighted by atomic mass is 9.87. The Hall–Kier alpha value is -1.35. The highest BCUT2D eigenvalue weighted by atomic mass is 16.5. The predicted octanol–water partition coefficient (Wildman–Crippen LogP) is 7.57. The van der Waals surface area contributed by atoms with Crippen LogP contribution in [0, 0.1) is 5.92 Å². The number of ether oxygens (including phenoxy) is 2. The van der Waals surface area contributed by atoms with E-state index in [9.17, 15) is 4.79 Å². The number of aryl methyl sites for hydroxylation is 1. The normalized spacial score (nSPS) is 20.1. The molecule has 0 radical (unpaired) electrons. The average Bonchev–Trinajstić information content (AvgIpc) is 2.79. The average molecular weight is 417 g/mol. The molecule has 1 aliphatic carbocycles. The molecule has 30 heavy (non-hydrogen) atoms. The van der Waals surface area contributed by atoms with Crippen LogP contribution in [0.2, 0.25) is 0 Å². The highest BCUT2D eigenvalue weighted by molar-refractivity contribution is 5.72. The summed E-state index contributed by atoms with van der Waals surface area (Å²) in [4.78, 5) is 12.7. The quantitative estimate of drug-likeness (QED) is 0.232. The van der Waals surface area contributed by atoms with Gasteiger partial charge in [0.15, 0.2) is 0 Å². The van der Waals surface area contributed by atoms with Gasteiger partial charge in [-0.05, 0) is 56.1 Å². The molecule has 0 bridgehead atoms. The maximum absolute atomic E-state index is 12.7. The van der Waals surface area contributed by atoms with E-state index in [-0.39, 0.29) is 18.0 Å². The number of rotatable bonds is 14. The van der Waals surface area contributed by atoms with Crippen molar-refractivity contribution < 1.29 is 14.3 Å². The van der Waals surface area contributed by atoms with Crippen LogP contribution in [0.5, 0.6) is 0 Å². The summed E-state index contributed by atoms with van der Waals surface area (Å²) in [6.07, 6.45) is 15.0. The Bertz CT molecular complexity index is 572. The zero-order chi connectivity index (χ0) is 21.6. The summed E-state index contributed by atoms with van der Waals surface area (Å²) in [5.41, 5.74) is 2.42.